The second-order valence-electron chi connectivity index (χ2n) is 5.91. The Labute approximate surface area is 139 Å². The Morgan fingerprint density at radius 2 is 2.08 bits per heavy atom. The minimum atomic E-state index is 0.0779. The topological polar surface area (TPSA) is 77.0 Å². The molecule has 1 amide bonds. The standard InChI is InChI=1S/C18H17N5O/c1-12(24)22-8-7-14-9-13(5-6-18(14)22)17-11-23(21-20-17)16-4-2-3-15(19)10-16/h2-6,9-11H,7-8,19H2,1H3. The lowest BCUT2D eigenvalue weighted by molar-refractivity contribution is -0.116. The van der Waals surface area contributed by atoms with Gasteiger partial charge in [0.05, 0.1) is 11.9 Å². The van der Waals surface area contributed by atoms with Crippen molar-refractivity contribution in [2.24, 2.45) is 0 Å². The van der Waals surface area contributed by atoms with Crippen molar-refractivity contribution < 1.29 is 4.79 Å². The molecule has 6 nitrogen and oxygen atoms in total. The molecule has 24 heavy (non-hydrogen) atoms. The number of hydrogen-bond acceptors (Lipinski definition) is 4. The van der Waals surface area contributed by atoms with Crippen molar-refractivity contribution in [3.05, 3.63) is 54.2 Å². The number of aromatic nitrogens is 3. The van der Waals surface area contributed by atoms with Crippen molar-refractivity contribution >= 4 is 17.3 Å². The number of amides is 1. The molecule has 0 atom stereocenters. The lowest BCUT2D eigenvalue weighted by Gasteiger charge is -2.14. The maximum atomic E-state index is 11.6. The summed E-state index contributed by atoms with van der Waals surface area (Å²) < 4.78 is 1.71. The third-order valence-corrected chi connectivity index (χ3v) is 4.28. The zero-order valence-corrected chi connectivity index (χ0v) is 13.3. The molecule has 3 aromatic rings. The SMILES string of the molecule is CC(=O)N1CCc2cc(-c3cn(-c4cccc(N)c4)nn3)ccc21. The van der Waals surface area contributed by atoms with Crippen LogP contribution in [0.3, 0.4) is 0 Å². The summed E-state index contributed by atoms with van der Waals surface area (Å²) in [5.41, 5.74) is 11.3. The van der Waals surface area contributed by atoms with Crippen LogP contribution in [0.1, 0.15) is 12.5 Å². The van der Waals surface area contributed by atoms with E-state index in [0.29, 0.717) is 5.69 Å². The van der Waals surface area contributed by atoms with Crippen molar-refractivity contribution in [2.45, 2.75) is 13.3 Å². The maximum Gasteiger partial charge on any atom is 0.223 e. The Balaban J connectivity index is 1.67. The fourth-order valence-corrected chi connectivity index (χ4v) is 3.08. The first-order valence-electron chi connectivity index (χ1n) is 7.81. The third kappa shape index (κ3) is 2.42. The molecule has 0 saturated carbocycles. The summed E-state index contributed by atoms with van der Waals surface area (Å²) in [4.78, 5) is 13.4. The van der Waals surface area contributed by atoms with Crippen molar-refractivity contribution in [3.63, 3.8) is 0 Å². The maximum absolute atomic E-state index is 11.6. The molecule has 120 valence electrons. The zero-order chi connectivity index (χ0) is 16.7. The fraction of sp³-hybridized carbons (Fsp3) is 0.167. The molecule has 0 spiro atoms. The molecule has 1 aliphatic heterocycles. The number of nitrogens with zero attached hydrogens (tertiary/aromatic N) is 4. The molecule has 0 bridgehead atoms. The number of anilines is 2. The zero-order valence-electron chi connectivity index (χ0n) is 13.3. The van der Waals surface area contributed by atoms with Crippen LogP contribution in [0.5, 0.6) is 0 Å². The number of nitrogens with two attached hydrogens (primary N) is 1. The number of rotatable bonds is 2. The average Bonchev–Trinajstić information content (AvgIpc) is 3.21. The van der Waals surface area contributed by atoms with E-state index in [9.17, 15) is 4.79 Å². The van der Waals surface area contributed by atoms with Crippen LogP contribution in [0.25, 0.3) is 16.9 Å². The number of benzene rings is 2. The summed E-state index contributed by atoms with van der Waals surface area (Å²) >= 11 is 0. The van der Waals surface area contributed by atoms with Crippen molar-refractivity contribution in [1.29, 1.82) is 0 Å². The third-order valence-electron chi connectivity index (χ3n) is 4.28. The highest BCUT2D eigenvalue weighted by Crippen LogP contribution is 2.31. The van der Waals surface area contributed by atoms with Crippen LogP contribution in [-0.2, 0) is 11.2 Å². The van der Waals surface area contributed by atoms with Crippen LogP contribution in [0.2, 0.25) is 0 Å². The van der Waals surface area contributed by atoms with Crippen LogP contribution < -0.4 is 10.6 Å². The second-order valence-corrected chi connectivity index (χ2v) is 5.91. The quantitative estimate of drug-likeness (QED) is 0.736. The number of carbonyl (C=O) groups excluding carboxylic acids is 1. The second kappa shape index (κ2) is 5.49. The molecule has 6 heteroatoms. The van der Waals surface area contributed by atoms with Crippen molar-refractivity contribution in [2.75, 3.05) is 17.2 Å². The Hall–Kier alpha value is -3.15. The minimum Gasteiger partial charge on any atom is -0.399 e. The normalized spacial score (nSPS) is 13.1. The summed E-state index contributed by atoms with van der Waals surface area (Å²) in [6.07, 6.45) is 2.75. The fourth-order valence-electron chi connectivity index (χ4n) is 3.08. The molecule has 1 aromatic heterocycles. The molecule has 0 radical (unpaired) electrons. The monoisotopic (exact) mass is 319 g/mol. The van der Waals surface area contributed by atoms with E-state index in [1.54, 1.807) is 11.6 Å². The van der Waals surface area contributed by atoms with Gasteiger partial charge in [-0.1, -0.05) is 17.3 Å². The lowest BCUT2D eigenvalue weighted by Crippen LogP contribution is -2.25. The number of hydrogen-bond donors (Lipinski definition) is 1. The van der Waals surface area contributed by atoms with Gasteiger partial charge in [-0.2, -0.15) is 0 Å². The van der Waals surface area contributed by atoms with E-state index in [1.807, 2.05) is 47.5 Å². The molecular formula is C18H17N5O. The first-order valence-corrected chi connectivity index (χ1v) is 7.81. The van der Waals surface area contributed by atoms with Crippen LogP contribution in [-0.4, -0.2) is 27.4 Å². The van der Waals surface area contributed by atoms with Crippen LogP contribution in [0.4, 0.5) is 11.4 Å². The molecule has 4 rings (SSSR count). The summed E-state index contributed by atoms with van der Waals surface area (Å²) in [5, 5.41) is 8.45. The first kappa shape index (κ1) is 14.4. The van der Waals surface area contributed by atoms with Gasteiger partial charge in [-0.05, 0) is 42.3 Å². The summed E-state index contributed by atoms with van der Waals surface area (Å²) in [6, 6.07) is 13.6. The van der Waals surface area contributed by atoms with Crippen LogP contribution in [0.15, 0.2) is 48.7 Å². The number of carbonyl (C=O) groups is 1. The van der Waals surface area contributed by atoms with E-state index in [4.69, 9.17) is 5.73 Å². The first-order chi connectivity index (χ1) is 11.6. The highest BCUT2D eigenvalue weighted by atomic mass is 16.2. The Morgan fingerprint density at radius 3 is 2.88 bits per heavy atom. The highest BCUT2D eigenvalue weighted by molar-refractivity contribution is 5.94. The van der Waals surface area contributed by atoms with Crippen molar-refractivity contribution in [3.8, 4) is 16.9 Å². The summed E-state index contributed by atoms with van der Waals surface area (Å²) in [7, 11) is 0. The molecule has 0 saturated heterocycles. The largest absolute Gasteiger partial charge is 0.399 e. The molecule has 0 fully saturated rings. The van der Waals surface area contributed by atoms with E-state index >= 15 is 0 Å². The van der Waals surface area contributed by atoms with E-state index in [1.165, 1.54) is 5.56 Å². The highest BCUT2D eigenvalue weighted by Gasteiger charge is 2.22. The van der Waals surface area contributed by atoms with Crippen LogP contribution >= 0.6 is 0 Å². The van der Waals surface area contributed by atoms with E-state index in [-0.39, 0.29) is 5.91 Å². The van der Waals surface area contributed by atoms with Gasteiger partial charge in [0.1, 0.15) is 5.69 Å². The smallest absolute Gasteiger partial charge is 0.223 e. The van der Waals surface area contributed by atoms with Gasteiger partial charge in [0, 0.05) is 30.4 Å². The Bertz CT molecular complexity index is 931. The van der Waals surface area contributed by atoms with E-state index < -0.39 is 0 Å². The van der Waals surface area contributed by atoms with Gasteiger partial charge in [-0.25, -0.2) is 4.68 Å². The average molecular weight is 319 g/mol. The molecule has 0 unspecified atom stereocenters. The molecule has 1 aliphatic rings. The summed E-state index contributed by atoms with van der Waals surface area (Å²) in [6.45, 7) is 2.34. The molecule has 2 aromatic carbocycles. The molecule has 2 N–H and O–H groups in total. The van der Waals surface area contributed by atoms with Crippen molar-refractivity contribution in [1.82, 2.24) is 15.0 Å². The molecule has 2 heterocycles. The molecule has 0 aliphatic carbocycles. The Morgan fingerprint density at radius 1 is 1.21 bits per heavy atom. The lowest BCUT2D eigenvalue weighted by atomic mass is 10.1. The van der Waals surface area contributed by atoms with E-state index in [0.717, 1.165) is 35.6 Å². The summed E-state index contributed by atoms with van der Waals surface area (Å²) in [5.74, 6) is 0.0779. The van der Waals surface area contributed by atoms with Gasteiger partial charge < -0.3 is 10.6 Å². The van der Waals surface area contributed by atoms with Gasteiger partial charge in [0.2, 0.25) is 5.91 Å². The van der Waals surface area contributed by atoms with Gasteiger partial charge in [0.15, 0.2) is 0 Å². The van der Waals surface area contributed by atoms with Gasteiger partial charge in [-0.3, -0.25) is 4.79 Å². The minimum absolute atomic E-state index is 0.0779. The molecular weight excluding hydrogens is 302 g/mol. The Kier molecular flexibility index (Phi) is 3.30. The van der Waals surface area contributed by atoms with Crippen LogP contribution in [0, 0.1) is 0 Å². The van der Waals surface area contributed by atoms with Gasteiger partial charge in [-0.15, -0.1) is 5.10 Å². The number of fused-ring (bicyclic) bond motifs is 1. The predicted octanol–water partition coefficient (Wildman–Crippen LogP) is 2.43. The number of nitrogen functional groups attached to an aromatic ring is 1. The predicted molar refractivity (Wildman–Crippen MR) is 92.9 cm³/mol. The van der Waals surface area contributed by atoms with Gasteiger partial charge in [0.25, 0.3) is 0 Å². The van der Waals surface area contributed by atoms with Gasteiger partial charge >= 0.3 is 0 Å². The van der Waals surface area contributed by atoms with E-state index in [2.05, 4.69) is 16.4 Å².